The molecule has 2 rings (SSSR count). The van der Waals surface area contributed by atoms with Gasteiger partial charge < -0.3 is 21.1 Å². The smallest absolute Gasteiger partial charge is 0.345 e. The Hall–Kier alpha value is -1.96. The van der Waals surface area contributed by atoms with Crippen molar-refractivity contribution in [1.82, 2.24) is 0 Å². The summed E-state index contributed by atoms with van der Waals surface area (Å²) in [6, 6.07) is 6.21. The molecule has 0 spiro atoms. The molecule has 2 unspecified atom stereocenters. The molecule has 0 radical (unpaired) electrons. The highest BCUT2D eigenvalue weighted by Crippen LogP contribution is 2.32. The molecular formula is C12H11NO5S. The molecule has 19 heavy (non-hydrogen) atoms. The summed E-state index contributed by atoms with van der Waals surface area (Å²) < 4.78 is 0.644. The minimum absolute atomic E-state index is 0.114. The first-order valence-corrected chi connectivity index (χ1v) is 6.14. The topological polar surface area (TPSA) is 121 Å². The van der Waals surface area contributed by atoms with Gasteiger partial charge in [-0.3, -0.25) is 4.79 Å². The Labute approximate surface area is 111 Å². The van der Waals surface area contributed by atoms with Crippen molar-refractivity contribution in [2.45, 2.75) is 12.2 Å². The van der Waals surface area contributed by atoms with Crippen LogP contribution in [0.3, 0.4) is 0 Å². The molecule has 2 atom stereocenters. The van der Waals surface area contributed by atoms with Crippen molar-refractivity contribution in [3.63, 3.8) is 0 Å². The highest BCUT2D eigenvalue weighted by atomic mass is 32.1. The Morgan fingerprint density at radius 3 is 2.53 bits per heavy atom. The molecule has 0 saturated carbocycles. The molecule has 2 aromatic rings. The number of benzene rings is 1. The maximum absolute atomic E-state index is 10.9. The molecule has 1 aromatic heterocycles. The van der Waals surface area contributed by atoms with Crippen LogP contribution in [0.25, 0.3) is 10.1 Å². The van der Waals surface area contributed by atoms with Gasteiger partial charge >= 0.3 is 5.97 Å². The lowest BCUT2D eigenvalue weighted by Gasteiger charge is -2.15. The predicted octanol–water partition coefficient (Wildman–Crippen LogP) is 0.479. The van der Waals surface area contributed by atoms with Crippen molar-refractivity contribution in [3.8, 4) is 0 Å². The van der Waals surface area contributed by atoms with E-state index >= 15 is 0 Å². The van der Waals surface area contributed by atoms with E-state index in [-0.39, 0.29) is 10.4 Å². The second-order valence-corrected chi connectivity index (χ2v) is 5.05. The fourth-order valence-corrected chi connectivity index (χ4v) is 2.71. The minimum Gasteiger partial charge on any atom is -0.477 e. The van der Waals surface area contributed by atoms with E-state index in [0.717, 1.165) is 11.3 Å². The third-order valence-electron chi connectivity index (χ3n) is 2.72. The van der Waals surface area contributed by atoms with Gasteiger partial charge in [-0.05, 0) is 23.1 Å². The predicted molar refractivity (Wildman–Crippen MR) is 68.9 cm³/mol. The lowest BCUT2D eigenvalue weighted by molar-refractivity contribution is -0.131. The Morgan fingerprint density at radius 2 is 1.95 bits per heavy atom. The van der Waals surface area contributed by atoms with Crippen LogP contribution in [0.2, 0.25) is 0 Å². The zero-order chi connectivity index (χ0) is 14.2. The van der Waals surface area contributed by atoms with Gasteiger partial charge in [0.15, 0.2) is 6.10 Å². The number of carboxylic acids is 1. The van der Waals surface area contributed by atoms with Gasteiger partial charge in [-0.2, -0.15) is 0 Å². The Kier molecular flexibility index (Phi) is 3.52. The molecule has 1 aromatic carbocycles. The van der Waals surface area contributed by atoms with Gasteiger partial charge in [0.25, 0.3) is 0 Å². The Bertz CT molecular complexity index is 651. The standard InChI is InChI=1S/C12H11NO5S/c13-11(16)10(15)9(14)5-2-1-3-7-6(5)4-8(19-7)12(17)18/h1-4,9-10,14-15H,(H2,13,16)(H,17,18). The first-order chi connectivity index (χ1) is 8.91. The summed E-state index contributed by atoms with van der Waals surface area (Å²) in [5.41, 5.74) is 5.20. The molecule has 100 valence electrons. The lowest BCUT2D eigenvalue weighted by Crippen LogP contribution is -2.33. The maximum Gasteiger partial charge on any atom is 0.345 e. The number of aliphatic hydroxyl groups is 2. The van der Waals surface area contributed by atoms with Crippen LogP contribution in [0.5, 0.6) is 0 Å². The summed E-state index contributed by atoms with van der Waals surface area (Å²) in [6.45, 7) is 0. The highest BCUT2D eigenvalue weighted by Gasteiger charge is 2.25. The van der Waals surface area contributed by atoms with Crippen molar-refractivity contribution in [2.24, 2.45) is 5.73 Å². The normalized spacial score (nSPS) is 14.2. The molecule has 0 aliphatic heterocycles. The molecule has 1 heterocycles. The van der Waals surface area contributed by atoms with E-state index in [1.54, 1.807) is 12.1 Å². The average molecular weight is 281 g/mol. The van der Waals surface area contributed by atoms with Crippen LogP contribution in [0.1, 0.15) is 21.3 Å². The summed E-state index contributed by atoms with van der Waals surface area (Å²) in [4.78, 5) is 21.9. The van der Waals surface area contributed by atoms with Crippen molar-refractivity contribution >= 4 is 33.3 Å². The maximum atomic E-state index is 10.9. The zero-order valence-electron chi connectivity index (χ0n) is 9.61. The number of fused-ring (bicyclic) bond motifs is 1. The molecule has 0 bridgehead atoms. The third-order valence-corrected chi connectivity index (χ3v) is 3.80. The summed E-state index contributed by atoms with van der Waals surface area (Å²) in [5, 5.41) is 28.8. The van der Waals surface area contributed by atoms with E-state index in [4.69, 9.17) is 10.8 Å². The average Bonchev–Trinajstić information content (AvgIpc) is 2.80. The fourth-order valence-electron chi connectivity index (χ4n) is 1.77. The molecule has 0 fully saturated rings. The van der Waals surface area contributed by atoms with Crippen LogP contribution >= 0.6 is 11.3 Å². The number of thiophene rings is 1. The molecule has 7 heteroatoms. The quantitative estimate of drug-likeness (QED) is 0.649. The number of nitrogens with two attached hydrogens (primary N) is 1. The van der Waals surface area contributed by atoms with Crippen molar-refractivity contribution in [2.75, 3.05) is 0 Å². The van der Waals surface area contributed by atoms with Gasteiger partial charge in [-0.25, -0.2) is 4.79 Å². The first-order valence-electron chi connectivity index (χ1n) is 5.33. The van der Waals surface area contributed by atoms with Gasteiger partial charge in [0, 0.05) is 4.70 Å². The SMILES string of the molecule is NC(=O)C(O)C(O)c1cccc2sc(C(=O)O)cc12. The summed E-state index contributed by atoms with van der Waals surface area (Å²) >= 11 is 1.05. The summed E-state index contributed by atoms with van der Waals surface area (Å²) in [6.07, 6.45) is -3.23. The Morgan fingerprint density at radius 1 is 1.26 bits per heavy atom. The number of carbonyl (C=O) groups is 2. The number of amides is 1. The van der Waals surface area contributed by atoms with Gasteiger partial charge in [-0.15, -0.1) is 11.3 Å². The number of carbonyl (C=O) groups excluding carboxylic acids is 1. The van der Waals surface area contributed by atoms with E-state index in [0.29, 0.717) is 10.1 Å². The van der Waals surface area contributed by atoms with Crippen LogP contribution in [-0.2, 0) is 4.79 Å². The zero-order valence-corrected chi connectivity index (χ0v) is 10.4. The van der Waals surface area contributed by atoms with Crippen molar-refractivity contribution in [1.29, 1.82) is 0 Å². The number of aliphatic hydroxyl groups excluding tert-OH is 2. The second-order valence-electron chi connectivity index (χ2n) is 3.97. The number of hydrogen-bond acceptors (Lipinski definition) is 5. The number of primary amides is 1. The number of carboxylic acid groups (broad SMARTS) is 1. The first kappa shape index (κ1) is 13.5. The number of aromatic carboxylic acids is 1. The van der Waals surface area contributed by atoms with Gasteiger partial charge in [0.2, 0.25) is 5.91 Å². The van der Waals surface area contributed by atoms with Crippen LogP contribution < -0.4 is 5.73 Å². The van der Waals surface area contributed by atoms with Gasteiger partial charge in [0.05, 0.1) is 0 Å². The monoisotopic (exact) mass is 281 g/mol. The molecule has 6 nitrogen and oxygen atoms in total. The van der Waals surface area contributed by atoms with Crippen molar-refractivity contribution < 1.29 is 24.9 Å². The molecule has 0 aliphatic carbocycles. The summed E-state index contributed by atoms with van der Waals surface area (Å²) in [5.74, 6) is -2.12. The number of rotatable bonds is 4. The van der Waals surface area contributed by atoms with Crippen LogP contribution in [0.4, 0.5) is 0 Å². The van der Waals surface area contributed by atoms with E-state index in [9.17, 15) is 19.8 Å². The van der Waals surface area contributed by atoms with Crippen LogP contribution in [-0.4, -0.2) is 33.3 Å². The summed E-state index contributed by atoms with van der Waals surface area (Å²) in [7, 11) is 0. The Balaban J connectivity index is 2.54. The lowest BCUT2D eigenvalue weighted by atomic mass is 10.0. The molecule has 1 amide bonds. The fraction of sp³-hybridized carbons (Fsp3) is 0.167. The molecule has 5 N–H and O–H groups in total. The number of hydrogen-bond donors (Lipinski definition) is 4. The highest BCUT2D eigenvalue weighted by molar-refractivity contribution is 7.20. The van der Waals surface area contributed by atoms with E-state index in [1.165, 1.54) is 12.1 Å². The van der Waals surface area contributed by atoms with Gasteiger partial charge in [-0.1, -0.05) is 12.1 Å². The minimum atomic E-state index is -1.74. The van der Waals surface area contributed by atoms with Crippen molar-refractivity contribution in [3.05, 3.63) is 34.7 Å². The van der Waals surface area contributed by atoms with Gasteiger partial charge in [0.1, 0.15) is 11.0 Å². The third kappa shape index (κ3) is 2.43. The molecular weight excluding hydrogens is 270 g/mol. The van der Waals surface area contributed by atoms with Crippen LogP contribution in [0, 0.1) is 0 Å². The molecule has 0 saturated heterocycles. The largest absolute Gasteiger partial charge is 0.477 e. The van der Waals surface area contributed by atoms with E-state index < -0.39 is 24.1 Å². The van der Waals surface area contributed by atoms with Crippen LogP contribution in [0.15, 0.2) is 24.3 Å². The van der Waals surface area contributed by atoms with E-state index in [2.05, 4.69) is 0 Å². The second kappa shape index (κ2) is 4.96. The van der Waals surface area contributed by atoms with E-state index in [1.807, 2.05) is 0 Å². The molecule has 0 aliphatic rings.